The highest BCUT2D eigenvalue weighted by Gasteiger charge is 2.20. The quantitative estimate of drug-likeness (QED) is 0.176. The molecular weight excluding hydrogens is 539 g/mol. The summed E-state index contributed by atoms with van der Waals surface area (Å²) in [6.45, 7) is 12.5. The topological polar surface area (TPSA) is 70.4 Å². The second-order valence-corrected chi connectivity index (χ2v) is 13.7. The summed E-state index contributed by atoms with van der Waals surface area (Å²) in [5.74, 6) is 0.133. The summed E-state index contributed by atoms with van der Waals surface area (Å²) in [7, 11) is -0.959. The molecule has 8 heteroatoms. The molecule has 0 aliphatic rings. The van der Waals surface area contributed by atoms with E-state index in [9.17, 15) is 13.4 Å². The maximum atomic E-state index is 14.0. The van der Waals surface area contributed by atoms with Gasteiger partial charge in [0.2, 0.25) is 0 Å². The van der Waals surface area contributed by atoms with E-state index in [1.54, 1.807) is 19.2 Å². The van der Waals surface area contributed by atoms with Gasteiger partial charge in [-0.3, -0.25) is 14.0 Å². The van der Waals surface area contributed by atoms with Crippen LogP contribution < -0.4 is 4.74 Å². The van der Waals surface area contributed by atoms with E-state index in [1.165, 1.54) is 12.1 Å². The van der Waals surface area contributed by atoms with E-state index in [2.05, 4.69) is 53.9 Å². The van der Waals surface area contributed by atoms with Crippen molar-refractivity contribution in [3.8, 4) is 16.9 Å². The number of carbonyl (C=O) groups excluding carboxylic acids is 1. The summed E-state index contributed by atoms with van der Waals surface area (Å²) in [6.07, 6.45) is 4.46. The minimum Gasteiger partial charge on any atom is -0.489 e. The predicted molar refractivity (Wildman–Crippen MR) is 163 cm³/mol. The molecule has 0 saturated carbocycles. The number of pyridine rings is 1. The molecule has 2 aromatic heterocycles. The second-order valence-electron chi connectivity index (χ2n) is 11.4. The van der Waals surface area contributed by atoms with Crippen molar-refractivity contribution >= 4 is 27.7 Å². The first-order chi connectivity index (χ1) is 19.5. The molecule has 218 valence electrons. The van der Waals surface area contributed by atoms with Crippen molar-refractivity contribution in [1.82, 2.24) is 9.55 Å². The van der Waals surface area contributed by atoms with E-state index >= 15 is 0 Å². The van der Waals surface area contributed by atoms with Crippen molar-refractivity contribution in [3.63, 3.8) is 0 Å². The molecule has 2 aromatic carbocycles. The fourth-order valence-electron chi connectivity index (χ4n) is 4.73. The number of hydrogen-bond acceptors (Lipinski definition) is 5. The van der Waals surface area contributed by atoms with Crippen molar-refractivity contribution in [1.29, 1.82) is 0 Å². The zero-order chi connectivity index (χ0) is 29.7. The molecule has 0 bridgehead atoms. The molecule has 0 radical (unpaired) electrons. The molecule has 1 atom stereocenters. The van der Waals surface area contributed by atoms with Crippen LogP contribution in [0.25, 0.3) is 22.0 Å². The number of esters is 1. The second kappa shape index (κ2) is 13.0. The van der Waals surface area contributed by atoms with E-state index in [0.29, 0.717) is 23.5 Å². The third-order valence-electron chi connectivity index (χ3n) is 6.87. The van der Waals surface area contributed by atoms with E-state index in [1.807, 2.05) is 26.8 Å². The lowest BCUT2D eigenvalue weighted by Gasteiger charge is -2.17. The number of hydrogen-bond donors (Lipinski definition) is 0. The van der Waals surface area contributed by atoms with Gasteiger partial charge in [0.05, 0.1) is 13.0 Å². The molecule has 0 N–H and O–H groups in total. The van der Waals surface area contributed by atoms with Gasteiger partial charge >= 0.3 is 5.97 Å². The monoisotopic (exact) mass is 578 g/mol. The Morgan fingerprint density at radius 1 is 1.10 bits per heavy atom. The van der Waals surface area contributed by atoms with Crippen molar-refractivity contribution in [2.75, 3.05) is 12.4 Å². The van der Waals surface area contributed by atoms with Crippen LogP contribution in [0.2, 0.25) is 0 Å². The van der Waals surface area contributed by atoms with E-state index in [4.69, 9.17) is 9.47 Å². The van der Waals surface area contributed by atoms with Crippen LogP contribution in [0.1, 0.15) is 64.4 Å². The Bertz CT molecular complexity index is 1550. The lowest BCUT2D eigenvalue weighted by Crippen LogP contribution is -2.25. The molecule has 0 aliphatic heterocycles. The number of aromatic nitrogens is 2. The Hall–Kier alpha value is -3.52. The molecule has 4 aromatic rings. The highest BCUT2D eigenvalue weighted by molar-refractivity contribution is 7.86. The number of fused-ring (bicyclic) bond motifs is 1. The largest absolute Gasteiger partial charge is 0.489 e. The van der Waals surface area contributed by atoms with Crippen LogP contribution in [-0.4, -0.2) is 36.8 Å². The third kappa shape index (κ3) is 7.61. The van der Waals surface area contributed by atoms with Crippen molar-refractivity contribution in [3.05, 3.63) is 83.6 Å². The average molecular weight is 579 g/mol. The number of aryl methyl sites for hydroxylation is 1. The molecule has 41 heavy (non-hydrogen) atoms. The standard InChI is InChI=1S/C33H39FN2O4S/c1-7-39-32(37)20-25-18-26(34)8-9-31(25)40-21-23-16-29(28-11-14-36(22(2)3)30(28)17-23)24-10-13-35-27(19-24)12-15-41(38)33(4,5)6/h8-11,13-14,16-19,22H,7,12,15,20-21H2,1-6H3/t41-/m0/s1. The van der Waals surface area contributed by atoms with E-state index < -0.39 is 22.6 Å². The van der Waals surface area contributed by atoms with Gasteiger partial charge in [0.15, 0.2) is 0 Å². The molecule has 0 saturated heterocycles. The van der Waals surface area contributed by atoms with Crippen LogP contribution >= 0.6 is 0 Å². The number of rotatable bonds is 11. The Morgan fingerprint density at radius 3 is 2.59 bits per heavy atom. The Balaban J connectivity index is 1.67. The third-order valence-corrected chi connectivity index (χ3v) is 8.81. The molecule has 0 aliphatic carbocycles. The number of nitrogens with zero attached hydrogens (tertiary/aromatic N) is 2. The highest BCUT2D eigenvalue weighted by Crippen LogP contribution is 2.33. The smallest absolute Gasteiger partial charge is 0.310 e. The lowest BCUT2D eigenvalue weighted by atomic mass is 9.99. The molecule has 0 unspecified atom stereocenters. The van der Waals surface area contributed by atoms with Gasteiger partial charge in [0.1, 0.15) is 18.2 Å². The number of benzene rings is 2. The first-order valence-corrected chi connectivity index (χ1v) is 15.3. The van der Waals surface area contributed by atoms with Crippen LogP contribution in [0.15, 0.2) is 60.9 Å². The van der Waals surface area contributed by atoms with Gasteiger partial charge in [-0.25, -0.2) is 4.39 Å². The summed E-state index contributed by atoms with van der Waals surface area (Å²) >= 11 is 0. The van der Waals surface area contributed by atoms with Crippen LogP contribution in [0.3, 0.4) is 0 Å². The van der Waals surface area contributed by atoms with Crippen LogP contribution in [-0.2, 0) is 39.8 Å². The minimum atomic E-state index is -0.959. The Morgan fingerprint density at radius 2 is 1.88 bits per heavy atom. The summed E-state index contributed by atoms with van der Waals surface area (Å²) in [4.78, 5) is 16.7. The van der Waals surface area contributed by atoms with Crippen molar-refractivity contribution < 1.29 is 22.9 Å². The predicted octanol–water partition coefficient (Wildman–Crippen LogP) is 7.20. The normalized spacial score (nSPS) is 12.6. The first-order valence-electron chi connectivity index (χ1n) is 14.0. The first kappa shape index (κ1) is 30.4. The summed E-state index contributed by atoms with van der Waals surface area (Å²) in [5, 5.41) is 1.11. The van der Waals surface area contributed by atoms with E-state index in [0.717, 1.165) is 33.3 Å². The van der Waals surface area contributed by atoms with E-state index in [-0.39, 0.29) is 30.4 Å². The molecular formula is C33H39FN2O4S. The van der Waals surface area contributed by atoms with Crippen LogP contribution in [0, 0.1) is 5.82 Å². The maximum Gasteiger partial charge on any atom is 0.310 e. The van der Waals surface area contributed by atoms with Gasteiger partial charge in [-0.1, -0.05) is 0 Å². The average Bonchev–Trinajstić information content (AvgIpc) is 3.35. The number of carbonyl (C=O) groups is 1. The summed E-state index contributed by atoms with van der Waals surface area (Å²) < 4.78 is 39.8. The van der Waals surface area contributed by atoms with Crippen molar-refractivity contribution in [2.24, 2.45) is 0 Å². The fraction of sp³-hybridized carbons (Fsp3) is 0.394. The van der Waals surface area contributed by atoms with Gasteiger partial charge in [0.25, 0.3) is 0 Å². The molecule has 0 fully saturated rings. The van der Waals surface area contributed by atoms with Gasteiger partial charge in [-0.05, 0) is 107 Å². The Kier molecular flexibility index (Phi) is 9.64. The van der Waals surface area contributed by atoms with Crippen LogP contribution in [0.4, 0.5) is 4.39 Å². The zero-order valence-corrected chi connectivity index (χ0v) is 25.5. The van der Waals surface area contributed by atoms with Gasteiger partial charge in [-0.15, -0.1) is 0 Å². The Labute approximate surface area is 244 Å². The molecule has 4 rings (SSSR count). The molecule has 0 amide bonds. The minimum absolute atomic E-state index is 0.0682. The zero-order valence-electron chi connectivity index (χ0n) is 24.7. The SMILES string of the molecule is CCOC(=O)Cc1cc(F)ccc1OCc1cc(-c2ccnc(CC[S@](=O)C(C)(C)C)c2)c2ccn(C(C)C)c2c1. The van der Waals surface area contributed by atoms with Crippen molar-refractivity contribution in [2.45, 2.75) is 71.8 Å². The van der Waals surface area contributed by atoms with Gasteiger partial charge in [0, 0.05) is 68.3 Å². The molecule has 6 nitrogen and oxygen atoms in total. The maximum absolute atomic E-state index is 14.0. The van der Waals surface area contributed by atoms with Crippen LogP contribution in [0.5, 0.6) is 5.75 Å². The van der Waals surface area contributed by atoms with Gasteiger partial charge in [-0.2, -0.15) is 0 Å². The number of halogens is 1. The molecule has 0 spiro atoms. The lowest BCUT2D eigenvalue weighted by molar-refractivity contribution is -0.142. The fourth-order valence-corrected chi connectivity index (χ4v) is 5.74. The summed E-state index contributed by atoms with van der Waals surface area (Å²) in [6, 6.07) is 14.9. The van der Waals surface area contributed by atoms with Gasteiger partial charge < -0.3 is 14.0 Å². The highest BCUT2D eigenvalue weighted by atomic mass is 32.2. The number of ether oxygens (including phenoxy) is 2. The molecule has 2 heterocycles. The summed E-state index contributed by atoms with van der Waals surface area (Å²) in [5.41, 5.74) is 5.43.